The fraction of sp³-hybridized carbons (Fsp3) is 0.182. The van der Waals surface area contributed by atoms with Crippen molar-refractivity contribution in [2.45, 2.75) is 20.3 Å². The predicted octanol–water partition coefficient (Wildman–Crippen LogP) is 3.16. The standard InChI is InChI=1S/C22H21N3O4/c1-12-20(25-21(22(23)28)13(2)24-12)16-8-9-17(18(11-16)29-3)15-6-4-14(5-7-15)10-19(26)27/h4-9,11H,10H2,1-3H3,(H2,23,28)(H,26,27). The highest BCUT2D eigenvalue weighted by atomic mass is 16.5. The number of methoxy groups -OCH3 is 1. The van der Waals surface area contributed by atoms with Gasteiger partial charge in [0.25, 0.3) is 5.91 Å². The van der Waals surface area contributed by atoms with Crippen LogP contribution in [-0.2, 0) is 11.2 Å². The molecule has 0 fully saturated rings. The second kappa shape index (κ2) is 8.10. The van der Waals surface area contributed by atoms with Gasteiger partial charge in [-0.15, -0.1) is 0 Å². The summed E-state index contributed by atoms with van der Waals surface area (Å²) in [5, 5.41) is 8.91. The topological polar surface area (TPSA) is 115 Å². The van der Waals surface area contributed by atoms with Crippen LogP contribution >= 0.6 is 0 Å². The third kappa shape index (κ3) is 4.24. The van der Waals surface area contributed by atoms with Crippen molar-refractivity contribution in [3.05, 3.63) is 65.1 Å². The zero-order valence-electron chi connectivity index (χ0n) is 16.4. The van der Waals surface area contributed by atoms with E-state index in [4.69, 9.17) is 15.6 Å². The van der Waals surface area contributed by atoms with Crippen LogP contribution in [0.1, 0.15) is 27.4 Å². The van der Waals surface area contributed by atoms with Crippen molar-refractivity contribution in [2.75, 3.05) is 7.11 Å². The number of ether oxygens (including phenoxy) is 1. The number of carbonyl (C=O) groups is 2. The van der Waals surface area contributed by atoms with E-state index in [2.05, 4.69) is 9.97 Å². The van der Waals surface area contributed by atoms with E-state index in [1.165, 1.54) is 0 Å². The van der Waals surface area contributed by atoms with E-state index in [1.807, 2.05) is 37.3 Å². The van der Waals surface area contributed by atoms with Gasteiger partial charge in [0.15, 0.2) is 0 Å². The number of aryl methyl sites for hydroxylation is 2. The van der Waals surface area contributed by atoms with Crippen molar-refractivity contribution in [1.82, 2.24) is 9.97 Å². The van der Waals surface area contributed by atoms with Crippen LogP contribution in [-0.4, -0.2) is 34.1 Å². The molecular formula is C22H21N3O4. The van der Waals surface area contributed by atoms with Crippen molar-refractivity contribution in [1.29, 1.82) is 0 Å². The van der Waals surface area contributed by atoms with Gasteiger partial charge in [-0.05, 0) is 37.1 Å². The summed E-state index contributed by atoms with van der Waals surface area (Å²) in [5.74, 6) is -0.873. The maximum atomic E-state index is 11.6. The van der Waals surface area contributed by atoms with Crippen LogP contribution in [0.3, 0.4) is 0 Å². The van der Waals surface area contributed by atoms with Crippen LogP contribution < -0.4 is 10.5 Å². The average Bonchev–Trinajstić information content (AvgIpc) is 2.67. The third-order valence-corrected chi connectivity index (χ3v) is 4.57. The highest BCUT2D eigenvalue weighted by Gasteiger charge is 2.16. The molecule has 2 aromatic carbocycles. The number of aromatic nitrogens is 2. The number of hydrogen-bond acceptors (Lipinski definition) is 5. The maximum Gasteiger partial charge on any atom is 0.307 e. The van der Waals surface area contributed by atoms with E-state index in [1.54, 1.807) is 26.2 Å². The minimum absolute atomic E-state index is 0.0239. The lowest BCUT2D eigenvalue weighted by Gasteiger charge is -2.13. The number of amides is 1. The van der Waals surface area contributed by atoms with Crippen LogP contribution in [0.2, 0.25) is 0 Å². The third-order valence-electron chi connectivity index (χ3n) is 4.57. The Bertz CT molecular complexity index is 1090. The Balaban J connectivity index is 2.03. The molecule has 7 nitrogen and oxygen atoms in total. The van der Waals surface area contributed by atoms with Gasteiger partial charge in [-0.25, -0.2) is 4.98 Å². The molecule has 0 unspecified atom stereocenters. The molecule has 3 rings (SSSR count). The number of nitrogens with two attached hydrogens (primary N) is 1. The summed E-state index contributed by atoms with van der Waals surface area (Å²) in [7, 11) is 1.57. The van der Waals surface area contributed by atoms with Gasteiger partial charge in [-0.2, -0.15) is 0 Å². The number of aliphatic carboxylic acids is 1. The lowest BCUT2D eigenvalue weighted by Crippen LogP contribution is -2.17. The predicted molar refractivity (Wildman–Crippen MR) is 109 cm³/mol. The number of carboxylic acids is 1. The molecule has 1 amide bonds. The molecule has 1 heterocycles. The smallest absolute Gasteiger partial charge is 0.307 e. The summed E-state index contributed by atoms with van der Waals surface area (Å²) in [5.41, 5.74) is 10.5. The molecule has 29 heavy (non-hydrogen) atoms. The van der Waals surface area contributed by atoms with Crippen LogP contribution in [0.5, 0.6) is 5.75 Å². The van der Waals surface area contributed by atoms with Crippen molar-refractivity contribution in [3.63, 3.8) is 0 Å². The second-order valence-corrected chi connectivity index (χ2v) is 6.64. The van der Waals surface area contributed by atoms with E-state index < -0.39 is 11.9 Å². The van der Waals surface area contributed by atoms with Gasteiger partial charge >= 0.3 is 5.97 Å². The minimum Gasteiger partial charge on any atom is -0.496 e. The summed E-state index contributed by atoms with van der Waals surface area (Å²) in [4.78, 5) is 31.3. The summed E-state index contributed by atoms with van der Waals surface area (Å²) >= 11 is 0. The molecular weight excluding hydrogens is 370 g/mol. The first kappa shape index (κ1) is 20.0. The molecule has 148 valence electrons. The SMILES string of the molecule is COc1cc(-c2nc(C(N)=O)c(C)nc2C)ccc1-c1ccc(CC(=O)O)cc1. The Kier molecular flexibility index (Phi) is 5.59. The Morgan fingerprint density at radius 3 is 2.24 bits per heavy atom. The normalized spacial score (nSPS) is 10.6. The van der Waals surface area contributed by atoms with Crippen molar-refractivity contribution >= 4 is 11.9 Å². The Labute approximate surface area is 168 Å². The molecule has 0 bridgehead atoms. The van der Waals surface area contributed by atoms with Crippen molar-refractivity contribution in [3.8, 4) is 28.1 Å². The molecule has 0 radical (unpaired) electrons. The Morgan fingerprint density at radius 2 is 1.66 bits per heavy atom. The fourth-order valence-corrected chi connectivity index (χ4v) is 3.19. The quantitative estimate of drug-likeness (QED) is 0.667. The van der Waals surface area contributed by atoms with Gasteiger partial charge in [0.05, 0.1) is 30.6 Å². The molecule has 1 aromatic heterocycles. The van der Waals surface area contributed by atoms with E-state index in [0.29, 0.717) is 22.8 Å². The number of carboxylic acid groups (broad SMARTS) is 1. The van der Waals surface area contributed by atoms with Crippen molar-refractivity contribution < 1.29 is 19.4 Å². The molecule has 0 atom stereocenters. The first-order valence-electron chi connectivity index (χ1n) is 8.94. The first-order valence-corrected chi connectivity index (χ1v) is 8.94. The average molecular weight is 391 g/mol. The first-order chi connectivity index (χ1) is 13.8. The molecule has 0 saturated heterocycles. The minimum atomic E-state index is -0.871. The lowest BCUT2D eigenvalue weighted by atomic mass is 9.99. The molecule has 0 aliphatic carbocycles. The van der Waals surface area contributed by atoms with Crippen LogP contribution in [0.25, 0.3) is 22.4 Å². The summed E-state index contributed by atoms with van der Waals surface area (Å²) < 4.78 is 5.56. The van der Waals surface area contributed by atoms with E-state index in [9.17, 15) is 9.59 Å². The fourth-order valence-electron chi connectivity index (χ4n) is 3.19. The van der Waals surface area contributed by atoms with Gasteiger partial charge < -0.3 is 15.6 Å². The molecule has 0 aliphatic heterocycles. The monoisotopic (exact) mass is 391 g/mol. The van der Waals surface area contributed by atoms with Gasteiger partial charge in [0, 0.05) is 11.1 Å². The summed E-state index contributed by atoms with van der Waals surface area (Å²) in [6, 6.07) is 12.9. The molecule has 0 spiro atoms. The number of nitrogens with zero attached hydrogens (tertiary/aromatic N) is 2. The second-order valence-electron chi connectivity index (χ2n) is 6.64. The van der Waals surface area contributed by atoms with Crippen LogP contribution in [0.15, 0.2) is 42.5 Å². The number of rotatable bonds is 6. The zero-order valence-corrected chi connectivity index (χ0v) is 16.4. The largest absolute Gasteiger partial charge is 0.496 e. The van der Waals surface area contributed by atoms with E-state index in [-0.39, 0.29) is 12.1 Å². The zero-order chi connectivity index (χ0) is 21.1. The van der Waals surface area contributed by atoms with Gasteiger partial charge in [0.1, 0.15) is 11.4 Å². The molecule has 3 aromatic rings. The van der Waals surface area contributed by atoms with Crippen molar-refractivity contribution in [2.24, 2.45) is 5.73 Å². The van der Waals surface area contributed by atoms with Gasteiger partial charge in [0.2, 0.25) is 0 Å². The highest BCUT2D eigenvalue weighted by molar-refractivity contribution is 5.92. The lowest BCUT2D eigenvalue weighted by molar-refractivity contribution is -0.136. The maximum absolute atomic E-state index is 11.6. The number of benzene rings is 2. The molecule has 0 saturated carbocycles. The molecule has 3 N–H and O–H groups in total. The molecule has 0 aliphatic rings. The van der Waals surface area contributed by atoms with Gasteiger partial charge in [-0.3, -0.25) is 14.6 Å². The van der Waals surface area contributed by atoms with Crippen LogP contribution in [0.4, 0.5) is 0 Å². The summed E-state index contributed by atoms with van der Waals surface area (Å²) in [6.45, 7) is 3.52. The van der Waals surface area contributed by atoms with E-state index >= 15 is 0 Å². The Hall–Kier alpha value is -3.74. The van der Waals surface area contributed by atoms with E-state index in [0.717, 1.165) is 22.3 Å². The number of carbonyl (C=O) groups excluding carboxylic acids is 1. The summed E-state index contributed by atoms with van der Waals surface area (Å²) in [6.07, 6.45) is -0.0239. The van der Waals surface area contributed by atoms with Crippen LogP contribution in [0, 0.1) is 13.8 Å². The number of hydrogen-bond donors (Lipinski definition) is 2. The Morgan fingerprint density at radius 1 is 1.00 bits per heavy atom. The van der Waals surface area contributed by atoms with Gasteiger partial charge in [-0.1, -0.05) is 30.3 Å². The highest BCUT2D eigenvalue weighted by Crippen LogP contribution is 2.34. The molecule has 7 heteroatoms. The number of primary amides is 1.